The highest BCUT2D eigenvalue weighted by molar-refractivity contribution is 5.97. The van der Waals surface area contributed by atoms with E-state index < -0.39 is 0 Å². The Morgan fingerprint density at radius 3 is 2.61 bits per heavy atom. The lowest BCUT2D eigenvalue weighted by Crippen LogP contribution is -2.09. The molecule has 0 bridgehead atoms. The number of rotatable bonds is 6. The average Bonchev–Trinajstić information content (AvgIpc) is 3.54. The molecule has 4 heteroatoms. The second-order valence-corrected chi connectivity index (χ2v) is 7.18. The SMILES string of the molecule is CCOC(=O)c1cc(C2CC2)ccc1Nc1cnc(-c2ccccc2)c(C)c1. The van der Waals surface area contributed by atoms with Gasteiger partial charge in [0, 0.05) is 5.56 Å². The van der Waals surface area contributed by atoms with E-state index in [1.54, 1.807) is 6.20 Å². The van der Waals surface area contributed by atoms with Gasteiger partial charge in [0.1, 0.15) is 0 Å². The van der Waals surface area contributed by atoms with Crippen molar-refractivity contribution in [1.82, 2.24) is 4.98 Å². The molecule has 1 N–H and O–H groups in total. The van der Waals surface area contributed by atoms with E-state index in [1.165, 1.54) is 18.4 Å². The van der Waals surface area contributed by atoms with Crippen molar-refractivity contribution in [3.8, 4) is 11.3 Å². The molecule has 1 fully saturated rings. The fourth-order valence-corrected chi connectivity index (χ4v) is 3.42. The zero-order chi connectivity index (χ0) is 19.5. The maximum Gasteiger partial charge on any atom is 0.340 e. The van der Waals surface area contributed by atoms with Crippen LogP contribution < -0.4 is 5.32 Å². The molecule has 1 aromatic heterocycles. The summed E-state index contributed by atoms with van der Waals surface area (Å²) in [5, 5.41) is 3.35. The van der Waals surface area contributed by atoms with Crippen LogP contribution in [0.1, 0.15) is 47.2 Å². The van der Waals surface area contributed by atoms with Crippen molar-refractivity contribution in [1.29, 1.82) is 0 Å². The fraction of sp³-hybridized carbons (Fsp3) is 0.250. The van der Waals surface area contributed by atoms with Crippen molar-refractivity contribution in [2.45, 2.75) is 32.6 Å². The molecular formula is C24H24N2O2. The Morgan fingerprint density at radius 2 is 1.93 bits per heavy atom. The van der Waals surface area contributed by atoms with E-state index in [0.717, 1.165) is 28.2 Å². The van der Waals surface area contributed by atoms with Gasteiger partial charge in [-0.15, -0.1) is 0 Å². The second-order valence-electron chi connectivity index (χ2n) is 7.18. The summed E-state index contributed by atoms with van der Waals surface area (Å²) < 4.78 is 5.27. The number of nitrogens with one attached hydrogen (secondary N) is 1. The molecule has 2 aromatic carbocycles. The van der Waals surface area contributed by atoms with Crippen molar-refractivity contribution >= 4 is 17.3 Å². The highest BCUT2D eigenvalue weighted by Crippen LogP contribution is 2.41. The summed E-state index contributed by atoms with van der Waals surface area (Å²) in [6.07, 6.45) is 4.19. The van der Waals surface area contributed by atoms with Crippen LogP contribution in [0, 0.1) is 6.92 Å². The lowest BCUT2D eigenvalue weighted by molar-refractivity contribution is 0.0527. The number of anilines is 2. The topological polar surface area (TPSA) is 51.2 Å². The number of hydrogen-bond acceptors (Lipinski definition) is 4. The quantitative estimate of drug-likeness (QED) is 0.551. The number of aromatic nitrogens is 1. The molecule has 0 saturated heterocycles. The first kappa shape index (κ1) is 18.2. The normalized spacial score (nSPS) is 13.2. The molecule has 3 aromatic rings. The summed E-state index contributed by atoms with van der Waals surface area (Å²) in [5.41, 5.74) is 6.51. The minimum atomic E-state index is -0.293. The maximum absolute atomic E-state index is 12.5. The third-order valence-corrected chi connectivity index (χ3v) is 4.99. The second kappa shape index (κ2) is 7.85. The van der Waals surface area contributed by atoms with Crippen molar-refractivity contribution in [3.05, 3.63) is 77.5 Å². The Bertz CT molecular complexity index is 995. The van der Waals surface area contributed by atoms with E-state index in [1.807, 2.05) is 44.2 Å². The van der Waals surface area contributed by atoms with E-state index in [9.17, 15) is 4.79 Å². The van der Waals surface area contributed by atoms with Crippen LogP contribution in [0.4, 0.5) is 11.4 Å². The van der Waals surface area contributed by atoms with E-state index in [2.05, 4.69) is 34.6 Å². The van der Waals surface area contributed by atoms with Crippen molar-refractivity contribution in [3.63, 3.8) is 0 Å². The van der Waals surface area contributed by atoms with Gasteiger partial charge in [-0.3, -0.25) is 4.98 Å². The number of carbonyl (C=O) groups excluding carboxylic acids is 1. The molecule has 0 spiro atoms. The van der Waals surface area contributed by atoms with Gasteiger partial charge in [-0.25, -0.2) is 4.79 Å². The maximum atomic E-state index is 12.5. The van der Waals surface area contributed by atoms with Crippen LogP contribution in [0.2, 0.25) is 0 Å². The molecule has 0 aliphatic heterocycles. The van der Waals surface area contributed by atoms with Gasteiger partial charge in [0.2, 0.25) is 0 Å². The molecular weight excluding hydrogens is 348 g/mol. The molecule has 142 valence electrons. The third-order valence-electron chi connectivity index (χ3n) is 4.99. The van der Waals surface area contributed by atoms with Gasteiger partial charge in [-0.2, -0.15) is 0 Å². The van der Waals surface area contributed by atoms with Gasteiger partial charge in [0.25, 0.3) is 0 Å². The molecule has 1 aliphatic rings. The number of aryl methyl sites for hydroxylation is 1. The molecule has 28 heavy (non-hydrogen) atoms. The number of esters is 1. The number of nitrogens with zero attached hydrogens (tertiary/aromatic N) is 1. The van der Waals surface area contributed by atoms with E-state index >= 15 is 0 Å². The summed E-state index contributed by atoms with van der Waals surface area (Å²) in [6.45, 7) is 4.23. The predicted molar refractivity (Wildman–Crippen MR) is 112 cm³/mol. The van der Waals surface area contributed by atoms with Crippen LogP contribution in [0.5, 0.6) is 0 Å². The van der Waals surface area contributed by atoms with E-state index in [-0.39, 0.29) is 5.97 Å². The average molecular weight is 372 g/mol. The summed E-state index contributed by atoms with van der Waals surface area (Å²) in [7, 11) is 0. The van der Waals surface area contributed by atoms with Crippen LogP contribution in [-0.4, -0.2) is 17.6 Å². The highest BCUT2D eigenvalue weighted by atomic mass is 16.5. The number of hydrogen-bond donors (Lipinski definition) is 1. The molecule has 1 saturated carbocycles. The minimum absolute atomic E-state index is 0.293. The zero-order valence-electron chi connectivity index (χ0n) is 16.2. The minimum Gasteiger partial charge on any atom is -0.462 e. The number of carbonyl (C=O) groups is 1. The molecule has 1 aliphatic carbocycles. The van der Waals surface area contributed by atoms with E-state index in [0.29, 0.717) is 18.1 Å². The van der Waals surface area contributed by atoms with Crippen LogP contribution in [0.3, 0.4) is 0 Å². The largest absolute Gasteiger partial charge is 0.462 e. The predicted octanol–water partition coefficient (Wildman–Crippen LogP) is 5.85. The fourth-order valence-electron chi connectivity index (χ4n) is 3.42. The van der Waals surface area contributed by atoms with Crippen LogP contribution in [-0.2, 0) is 4.74 Å². The summed E-state index contributed by atoms with van der Waals surface area (Å²) in [5.74, 6) is 0.286. The number of benzene rings is 2. The van der Waals surface area contributed by atoms with Crippen LogP contribution in [0.25, 0.3) is 11.3 Å². The Labute approximate surface area is 165 Å². The standard InChI is InChI=1S/C24H24N2O2/c1-3-28-24(27)21-14-19(17-9-10-17)11-12-22(21)26-20-13-16(2)23(25-15-20)18-7-5-4-6-8-18/h4-8,11-15,17,26H,3,9-10H2,1-2H3. The molecule has 4 nitrogen and oxygen atoms in total. The first-order valence-corrected chi connectivity index (χ1v) is 9.76. The van der Waals surface area contributed by atoms with Gasteiger partial charge < -0.3 is 10.1 Å². The molecule has 1 heterocycles. The third kappa shape index (κ3) is 3.91. The van der Waals surface area contributed by atoms with Gasteiger partial charge in [-0.05, 0) is 61.9 Å². The Morgan fingerprint density at radius 1 is 1.14 bits per heavy atom. The summed E-state index contributed by atoms with van der Waals surface area (Å²) in [4.78, 5) is 17.1. The van der Waals surface area contributed by atoms with Gasteiger partial charge in [0.15, 0.2) is 0 Å². The molecule has 0 radical (unpaired) electrons. The van der Waals surface area contributed by atoms with Crippen molar-refractivity contribution in [2.75, 3.05) is 11.9 Å². The smallest absolute Gasteiger partial charge is 0.340 e. The summed E-state index contributed by atoms with van der Waals surface area (Å²) in [6, 6.07) is 18.2. The van der Waals surface area contributed by atoms with Gasteiger partial charge >= 0.3 is 5.97 Å². The van der Waals surface area contributed by atoms with Crippen molar-refractivity contribution in [2.24, 2.45) is 0 Å². The molecule has 4 rings (SSSR count). The van der Waals surface area contributed by atoms with Crippen LogP contribution in [0.15, 0.2) is 60.8 Å². The highest BCUT2D eigenvalue weighted by Gasteiger charge is 2.25. The van der Waals surface area contributed by atoms with Crippen molar-refractivity contribution < 1.29 is 9.53 Å². The Kier molecular flexibility index (Phi) is 5.11. The number of ether oxygens (including phenoxy) is 1. The Hall–Kier alpha value is -3.14. The van der Waals surface area contributed by atoms with Crippen LogP contribution >= 0.6 is 0 Å². The first-order chi connectivity index (χ1) is 13.7. The van der Waals surface area contributed by atoms with Gasteiger partial charge in [0.05, 0.1) is 35.4 Å². The molecule has 0 atom stereocenters. The Balaban J connectivity index is 1.63. The number of pyridine rings is 1. The van der Waals surface area contributed by atoms with E-state index in [4.69, 9.17) is 4.74 Å². The zero-order valence-corrected chi connectivity index (χ0v) is 16.2. The first-order valence-electron chi connectivity index (χ1n) is 9.76. The summed E-state index contributed by atoms with van der Waals surface area (Å²) >= 11 is 0. The lowest BCUT2D eigenvalue weighted by atomic mass is 10.0. The molecule has 0 amide bonds. The van der Waals surface area contributed by atoms with Gasteiger partial charge in [-0.1, -0.05) is 36.4 Å². The monoisotopic (exact) mass is 372 g/mol. The molecule has 0 unspecified atom stereocenters. The lowest BCUT2D eigenvalue weighted by Gasteiger charge is -2.14.